The van der Waals surface area contributed by atoms with Crippen LogP contribution in [0.3, 0.4) is 0 Å². The maximum absolute atomic E-state index is 13.3. The minimum atomic E-state index is -0.366. The molecular formula is C23H29NO4S. The minimum absolute atomic E-state index is 0.168. The van der Waals surface area contributed by atoms with Gasteiger partial charge in [-0.2, -0.15) is 11.8 Å². The zero-order valence-electron chi connectivity index (χ0n) is 16.9. The first kappa shape index (κ1) is 18.5. The van der Waals surface area contributed by atoms with Gasteiger partial charge in [0, 0.05) is 41.5 Å². The summed E-state index contributed by atoms with van der Waals surface area (Å²) in [6.07, 6.45) is 4.94. The highest BCUT2D eigenvalue weighted by Gasteiger charge is 2.68. The van der Waals surface area contributed by atoms with E-state index in [1.807, 2.05) is 6.07 Å². The summed E-state index contributed by atoms with van der Waals surface area (Å²) in [5.41, 5.74) is 2.41. The number of thioether (sulfide) groups is 1. The fourth-order valence-corrected chi connectivity index (χ4v) is 8.14. The van der Waals surface area contributed by atoms with Gasteiger partial charge in [0.05, 0.1) is 19.1 Å². The molecule has 1 aromatic rings. The molecule has 3 aliphatic carbocycles. The van der Waals surface area contributed by atoms with Crippen LogP contribution in [0, 0.1) is 11.8 Å². The number of aliphatic hydroxyl groups is 1. The van der Waals surface area contributed by atoms with E-state index in [-0.39, 0.29) is 29.2 Å². The Bertz CT molecular complexity index is 856. The zero-order valence-corrected chi connectivity index (χ0v) is 17.7. The number of aliphatic hydroxyl groups excluding tert-OH is 1. The number of piperidine rings is 1. The molecule has 3 fully saturated rings. The van der Waals surface area contributed by atoms with Crippen LogP contribution >= 0.6 is 11.8 Å². The molecule has 156 valence electrons. The van der Waals surface area contributed by atoms with Crippen molar-refractivity contribution in [2.45, 2.75) is 54.9 Å². The van der Waals surface area contributed by atoms with Gasteiger partial charge >= 0.3 is 0 Å². The Kier molecular flexibility index (Phi) is 4.23. The Hall–Kier alpha value is -1.24. The van der Waals surface area contributed by atoms with E-state index in [0.29, 0.717) is 24.1 Å². The van der Waals surface area contributed by atoms with Crippen molar-refractivity contribution < 1.29 is 19.4 Å². The van der Waals surface area contributed by atoms with Gasteiger partial charge in [0.25, 0.3) is 0 Å². The van der Waals surface area contributed by atoms with Crippen LogP contribution in [0.15, 0.2) is 12.1 Å². The number of benzene rings is 1. The van der Waals surface area contributed by atoms with Gasteiger partial charge in [-0.1, -0.05) is 6.07 Å². The lowest BCUT2D eigenvalue weighted by Gasteiger charge is -2.60. The van der Waals surface area contributed by atoms with Gasteiger partial charge in [0.15, 0.2) is 23.4 Å². The fourth-order valence-electron chi connectivity index (χ4n) is 6.82. The average molecular weight is 416 g/mol. The number of likely N-dealkylation sites (tertiary alicyclic amines) is 1. The van der Waals surface area contributed by atoms with Crippen molar-refractivity contribution in [3.8, 4) is 11.5 Å². The fraction of sp³-hybridized carbons (Fsp3) is 0.696. The van der Waals surface area contributed by atoms with Crippen molar-refractivity contribution in [1.29, 1.82) is 0 Å². The molecule has 6 rings (SSSR count). The maximum Gasteiger partial charge on any atom is 0.175 e. The molecule has 1 spiro atoms. The van der Waals surface area contributed by atoms with Gasteiger partial charge in [0.1, 0.15) is 0 Å². The number of carbonyl (C=O) groups excluding carboxylic acids is 1. The molecule has 0 radical (unpaired) electrons. The van der Waals surface area contributed by atoms with Crippen LogP contribution < -0.4 is 9.47 Å². The molecule has 0 amide bonds. The smallest absolute Gasteiger partial charge is 0.175 e. The summed E-state index contributed by atoms with van der Waals surface area (Å²) >= 11 is 1.80. The second kappa shape index (κ2) is 6.63. The van der Waals surface area contributed by atoms with E-state index in [1.54, 1.807) is 18.9 Å². The molecule has 2 saturated carbocycles. The van der Waals surface area contributed by atoms with Gasteiger partial charge in [-0.3, -0.25) is 9.69 Å². The van der Waals surface area contributed by atoms with Gasteiger partial charge in [0.2, 0.25) is 0 Å². The van der Waals surface area contributed by atoms with Crippen molar-refractivity contribution >= 4 is 17.5 Å². The first-order valence-corrected chi connectivity index (χ1v) is 12.1. The molecule has 5 nitrogen and oxygen atoms in total. The summed E-state index contributed by atoms with van der Waals surface area (Å²) in [4.78, 5) is 16.0. The maximum atomic E-state index is 13.3. The Labute approximate surface area is 176 Å². The van der Waals surface area contributed by atoms with Crippen molar-refractivity contribution in [3.63, 3.8) is 0 Å². The average Bonchev–Trinajstić information content (AvgIpc) is 3.47. The largest absolute Gasteiger partial charge is 0.493 e. The van der Waals surface area contributed by atoms with E-state index >= 15 is 0 Å². The lowest BCUT2D eigenvalue weighted by Crippen LogP contribution is -2.69. The lowest BCUT2D eigenvalue weighted by atomic mass is 9.51. The predicted octanol–water partition coefficient (Wildman–Crippen LogP) is 2.42. The zero-order chi connectivity index (χ0) is 19.8. The number of ether oxygens (including phenoxy) is 2. The quantitative estimate of drug-likeness (QED) is 0.770. The number of hydrogen-bond donors (Lipinski definition) is 1. The number of Topliss-reactive ketones (excluding diaryl/α,β-unsaturated/α-hetero) is 1. The first-order valence-electron chi connectivity index (χ1n) is 11.0. The first-order chi connectivity index (χ1) is 14.2. The molecule has 1 saturated heterocycles. The highest BCUT2D eigenvalue weighted by atomic mass is 32.2. The summed E-state index contributed by atoms with van der Waals surface area (Å²) < 4.78 is 12.1. The molecule has 29 heavy (non-hydrogen) atoms. The molecule has 0 aromatic heterocycles. The Morgan fingerprint density at radius 3 is 2.97 bits per heavy atom. The molecular weight excluding hydrogens is 386 g/mol. The van der Waals surface area contributed by atoms with Crippen LogP contribution in [-0.2, 0) is 16.6 Å². The minimum Gasteiger partial charge on any atom is -0.493 e. The molecule has 1 N–H and O–H groups in total. The van der Waals surface area contributed by atoms with E-state index in [0.717, 1.165) is 36.8 Å². The van der Waals surface area contributed by atoms with Crippen LogP contribution in [-0.4, -0.2) is 65.7 Å². The predicted molar refractivity (Wildman–Crippen MR) is 112 cm³/mol. The van der Waals surface area contributed by atoms with Crippen LogP contribution in [0.4, 0.5) is 0 Å². The summed E-state index contributed by atoms with van der Waals surface area (Å²) in [5, 5.41) is 9.73. The van der Waals surface area contributed by atoms with Crippen LogP contribution in [0.5, 0.6) is 11.5 Å². The van der Waals surface area contributed by atoms with Crippen LogP contribution in [0.25, 0.3) is 0 Å². The lowest BCUT2D eigenvalue weighted by molar-refractivity contribution is -0.138. The Morgan fingerprint density at radius 2 is 2.21 bits per heavy atom. The normalized spacial score (nSPS) is 37.2. The third-order valence-corrected chi connectivity index (χ3v) is 9.33. The standard InChI is InChI=1S/C23H29NO4S/c1-27-17-5-4-14-10-15-20-18(29-9-8-25)11-16(26)22-23(20,19(14)21(17)28-22)6-7-24(15)12-13-2-3-13/h4-5,13,15,18,20,22,25H,2-3,6-12H2,1H3. The third-order valence-electron chi connectivity index (χ3n) is 8.03. The molecule has 5 atom stereocenters. The van der Waals surface area contributed by atoms with Crippen molar-refractivity contribution in [3.05, 3.63) is 23.3 Å². The molecule has 5 aliphatic rings. The van der Waals surface area contributed by atoms with Crippen molar-refractivity contribution in [2.24, 2.45) is 11.8 Å². The van der Waals surface area contributed by atoms with E-state index in [4.69, 9.17) is 9.47 Å². The van der Waals surface area contributed by atoms with Gasteiger partial charge in [-0.25, -0.2) is 0 Å². The molecule has 5 unspecified atom stereocenters. The summed E-state index contributed by atoms with van der Waals surface area (Å²) in [6.45, 7) is 2.42. The molecule has 2 bridgehead atoms. The Balaban J connectivity index is 1.50. The second-order valence-electron chi connectivity index (χ2n) is 9.46. The third kappa shape index (κ3) is 2.52. The number of methoxy groups -OCH3 is 1. The van der Waals surface area contributed by atoms with Crippen molar-refractivity contribution in [1.82, 2.24) is 4.90 Å². The molecule has 2 aliphatic heterocycles. The monoisotopic (exact) mass is 415 g/mol. The highest BCUT2D eigenvalue weighted by Crippen LogP contribution is 2.64. The number of rotatable bonds is 6. The van der Waals surface area contributed by atoms with E-state index in [1.165, 1.54) is 30.5 Å². The molecule has 2 heterocycles. The van der Waals surface area contributed by atoms with E-state index in [9.17, 15) is 9.90 Å². The van der Waals surface area contributed by atoms with Crippen molar-refractivity contribution in [2.75, 3.05) is 32.6 Å². The molecule has 6 heteroatoms. The number of nitrogens with zero attached hydrogens (tertiary/aromatic N) is 1. The summed E-state index contributed by atoms with van der Waals surface area (Å²) in [7, 11) is 1.68. The summed E-state index contributed by atoms with van der Waals surface area (Å²) in [5.74, 6) is 3.78. The number of ketones is 1. The number of carbonyl (C=O) groups is 1. The van der Waals surface area contributed by atoms with Gasteiger partial charge in [-0.05, 0) is 49.8 Å². The second-order valence-corrected chi connectivity index (χ2v) is 10.8. The van der Waals surface area contributed by atoms with Crippen LogP contribution in [0.1, 0.15) is 36.8 Å². The van der Waals surface area contributed by atoms with E-state index < -0.39 is 0 Å². The Morgan fingerprint density at radius 1 is 1.34 bits per heavy atom. The highest BCUT2D eigenvalue weighted by molar-refractivity contribution is 7.99. The van der Waals surface area contributed by atoms with Crippen LogP contribution in [0.2, 0.25) is 0 Å². The van der Waals surface area contributed by atoms with Gasteiger partial charge < -0.3 is 14.6 Å². The van der Waals surface area contributed by atoms with Gasteiger partial charge in [-0.15, -0.1) is 0 Å². The molecule has 1 aromatic carbocycles. The SMILES string of the molecule is COc1ccc2c3c1OC1C(=O)CC(SCCO)C4C(C2)N(CC2CC2)CCC314. The van der Waals surface area contributed by atoms with E-state index in [2.05, 4.69) is 11.0 Å². The number of hydrogen-bond acceptors (Lipinski definition) is 6. The summed E-state index contributed by atoms with van der Waals surface area (Å²) in [6, 6.07) is 4.70. The topological polar surface area (TPSA) is 59.0 Å².